The molecule has 0 aliphatic heterocycles. The van der Waals surface area contributed by atoms with Gasteiger partial charge in [-0.2, -0.15) is 5.10 Å². The van der Waals surface area contributed by atoms with Crippen molar-refractivity contribution in [2.75, 3.05) is 4.72 Å². The number of thiocarbonyl (C=S) groups is 1. The molecule has 0 aliphatic rings. The van der Waals surface area contributed by atoms with Crippen molar-refractivity contribution in [1.82, 2.24) is 10.2 Å². The van der Waals surface area contributed by atoms with Crippen LogP contribution in [0.4, 0.5) is 10.2 Å². The molecule has 0 saturated carbocycles. The van der Waals surface area contributed by atoms with Crippen LogP contribution in [-0.2, 0) is 10.0 Å². The summed E-state index contributed by atoms with van der Waals surface area (Å²) >= 11 is 4.76. The second-order valence-corrected chi connectivity index (χ2v) is 5.70. The average Bonchev–Trinajstić information content (AvgIpc) is 2.77. The topological polar surface area (TPSA) is 101 Å². The molecule has 9 heteroatoms. The molecule has 0 aliphatic carbocycles. The maximum atomic E-state index is 12.8. The van der Waals surface area contributed by atoms with E-state index in [0.29, 0.717) is 0 Å². The second-order valence-electron chi connectivity index (χ2n) is 3.58. The molecule has 100 valence electrons. The van der Waals surface area contributed by atoms with Crippen LogP contribution in [0.25, 0.3) is 0 Å². The lowest BCUT2D eigenvalue weighted by atomic mass is 10.3. The number of benzene rings is 1. The highest BCUT2D eigenvalue weighted by molar-refractivity contribution is 7.92. The maximum Gasteiger partial charge on any atom is 0.263 e. The van der Waals surface area contributed by atoms with E-state index in [-0.39, 0.29) is 21.3 Å². The third kappa shape index (κ3) is 2.88. The van der Waals surface area contributed by atoms with Crippen LogP contribution in [0, 0.1) is 5.82 Å². The Hall–Kier alpha value is -2.00. The summed E-state index contributed by atoms with van der Waals surface area (Å²) in [5.74, 6) is -0.457. The summed E-state index contributed by atoms with van der Waals surface area (Å²) < 4.78 is 39.0. The van der Waals surface area contributed by atoms with Crippen molar-refractivity contribution in [3.63, 3.8) is 0 Å². The van der Waals surface area contributed by atoms with Crippen LogP contribution in [0.5, 0.6) is 0 Å². The van der Waals surface area contributed by atoms with Gasteiger partial charge in [-0.1, -0.05) is 12.2 Å². The number of H-pyrrole nitrogens is 1. The normalized spacial score (nSPS) is 11.2. The smallest absolute Gasteiger partial charge is 0.263 e. The van der Waals surface area contributed by atoms with Gasteiger partial charge in [0.05, 0.1) is 16.7 Å². The molecule has 0 spiro atoms. The number of hydrogen-bond acceptors (Lipinski definition) is 4. The van der Waals surface area contributed by atoms with Crippen molar-refractivity contribution < 1.29 is 12.8 Å². The molecule has 1 heterocycles. The zero-order chi connectivity index (χ0) is 14.0. The Morgan fingerprint density at radius 1 is 1.37 bits per heavy atom. The highest BCUT2D eigenvalue weighted by Gasteiger charge is 2.18. The van der Waals surface area contributed by atoms with Crippen LogP contribution < -0.4 is 10.5 Å². The zero-order valence-electron chi connectivity index (χ0n) is 9.42. The molecule has 0 saturated heterocycles. The molecule has 0 unspecified atom stereocenters. The SMILES string of the molecule is NC(=S)c1cn[nH]c1NS(=O)(=O)c1ccc(F)cc1. The van der Waals surface area contributed by atoms with E-state index in [9.17, 15) is 12.8 Å². The fraction of sp³-hybridized carbons (Fsp3) is 0. The van der Waals surface area contributed by atoms with Gasteiger partial charge in [0, 0.05) is 0 Å². The Labute approximate surface area is 113 Å². The van der Waals surface area contributed by atoms with Crippen LogP contribution in [0.1, 0.15) is 5.56 Å². The molecule has 0 fully saturated rings. The second kappa shape index (κ2) is 4.94. The van der Waals surface area contributed by atoms with Gasteiger partial charge in [-0.25, -0.2) is 12.8 Å². The Balaban J connectivity index is 2.34. The third-order valence-corrected chi connectivity index (χ3v) is 3.85. The van der Waals surface area contributed by atoms with Crippen LogP contribution in [-0.4, -0.2) is 23.6 Å². The molecule has 0 atom stereocenters. The number of hydrogen-bond donors (Lipinski definition) is 3. The lowest BCUT2D eigenvalue weighted by Crippen LogP contribution is -2.17. The molecule has 6 nitrogen and oxygen atoms in total. The summed E-state index contributed by atoms with van der Waals surface area (Å²) in [6.45, 7) is 0. The van der Waals surface area contributed by atoms with Crippen molar-refractivity contribution in [3.8, 4) is 0 Å². The lowest BCUT2D eigenvalue weighted by Gasteiger charge is -2.07. The quantitative estimate of drug-likeness (QED) is 0.731. The fourth-order valence-corrected chi connectivity index (χ4v) is 2.55. The number of nitrogens with zero attached hydrogens (tertiary/aromatic N) is 1. The minimum Gasteiger partial charge on any atom is -0.389 e. The molecular weight excluding hydrogens is 291 g/mol. The van der Waals surface area contributed by atoms with E-state index in [4.69, 9.17) is 18.0 Å². The first-order chi connectivity index (χ1) is 8.90. The summed E-state index contributed by atoms with van der Waals surface area (Å²) in [5, 5.41) is 6.10. The summed E-state index contributed by atoms with van der Waals surface area (Å²) in [4.78, 5) is -0.0806. The lowest BCUT2D eigenvalue weighted by molar-refractivity contribution is 0.599. The standard InChI is InChI=1S/C10H9FN4O2S2/c11-6-1-3-7(4-2-6)19(16,17)15-10-8(9(12)18)5-13-14-10/h1-5H,(H2,12,18)(H2,13,14,15). The maximum absolute atomic E-state index is 12.8. The van der Waals surface area contributed by atoms with Gasteiger partial charge in [0.15, 0.2) is 0 Å². The fourth-order valence-electron chi connectivity index (χ4n) is 1.36. The van der Waals surface area contributed by atoms with Crippen molar-refractivity contribution in [2.24, 2.45) is 5.73 Å². The zero-order valence-corrected chi connectivity index (χ0v) is 11.1. The first-order valence-corrected chi connectivity index (χ1v) is 6.91. The number of nitrogens with two attached hydrogens (primary N) is 1. The van der Waals surface area contributed by atoms with Crippen LogP contribution in [0.15, 0.2) is 35.4 Å². The summed E-state index contributed by atoms with van der Waals surface area (Å²) in [7, 11) is -3.86. The number of anilines is 1. The number of sulfonamides is 1. The molecule has 1 aromatic carbocycles. The van der Waals surface area contributed by atoms with Gasteiger partial charge >= 0.3 is 0 Å². The summed E-state index contributed by atoms with van der Waals surface area (Å²) in [6, 6.07) is 4.40. The predicted octanol–water partition coefficient (Wildman–Crippen LogP) is 0.984. The number of halogens is 1. The van der Waals surface area contributed by atoms with Gasteiger partial charge in [-0.05, 0) is 24.3 Å². The van der Waals surface area contributed by atoms with E-state index in [1.165, 1.54) is 6.20 Å². The summed E-state index contributed by atoms with van der Waals surface area (Å²) in [6.07, 6.45) is 1.31. The van der Waals surface area contributed by atoms with Crippen LogP contribution in [0.2, 0.25) is 0 Å². The van der Waals surface area contributed by atoms with Gasteiger partial charge < -0.3 is 5.73 Å². The molecule has 4 N–H and O–H groups in total. The molecule has 0 radical (unpaired) electrons. The Morgan fingerprint density at radius 2 is 2.00 bits per heavy atom. The number of nitrogens with one attached hydrogen (secondary N) is 2. The summed E-state index contributed by atoms with van der Waals surface area (Å²) in [5.41, 5.74) is 5.70. The van der Waals surface area contributed by atoms with Crippen molar-refractivity contribution >= 4 is 33.0 Å². The van der Waals surface area contributed by atoms with Gasteiger partial charge in [0.25, 0.3) is 10.0 Å². The molecular formula is C10H9FN4O2S2. The van der Waals surface area contributed by atoms with E-state index < -0.39 is 15.8 Å². The van der Waals surface area contributed by atoms with Gasteiger partial charge in [0.1, 0.15) is 16.6 Å². The van der Waals surface area contributed by atoms with Crippen LogP contribution >= 0.6 is 12.2 Å². The number of aromatic amines is 1. The molecule has 0 amide bonds. The largest absolute Gasteiger partial charge is 0.389 e. The molecule has 19 heavy (non-hydrogen) atoms. The van der Waals surface area contributed by atoms with Gasteiger partial charge in [0.2, 0.25) is 0 Å². The first kappa shape index (κ1) is 13.4. The minimum absolute atomic E-state index is 0.00514. The van der Waals surface area contributed by atoms with Crippen LogP contribution in [0.3, 0.4) is 0 Å². The van der Waals surface area contributed by atoms with E-state index in [0.717, 1.165) is 24.3 Å². The average molecular weight is 300 g/mol. The molecule has 2 aromatic rings. The van der Waals surface area contributed by atoms with E-state index in [1.807, 2.05) is 0 Å². The highest BCUT2D eigenvalue weighted by atomic mass is 32.2. The van der Waals surface area contributed by atoms with E-state index >= 15 is 0 Å². The molecule has 0 bridgehead atoms. The number of rotatable bonds is 4. The first-order valence-electron chi connectivity index (χ1n) is 5.02. The van der Waals surface area contributed by atoms with Crippen molar-refractivity contribution in [3.05, 3.63) is 41.8 Å². The Bertz CT molecular complexity index is 709. The van der Waals surface area contributed by atoms with E-state index in [1.54, 1.807) is 0 Å². The van der Waals surface area contributed by atoms with Gasteiger partial charge in [-0.15, -0.1) is 0 Å². The molecule has 1 aromatic heterocycles. The minimum atomic E-state index is -3.86. The Morgan fingerprint density at radius 3 is 2.58 bits per heavy atom. The monoisotopic (exact) mass is 300 g/mol. The molecule has 2 rings (SSSR count). The van der Waals surface area contributed by atoms with Crippen molar-refractivity contribution in [2.45, 2.75) is 4.90 Å². The third-order valence-electron chi connectivity index (χ3n) is 2.27. The predicted molar refractivity (Wildman–Crippen MR) is 71.7 cm³/mol. The van der Waals surface area contributed by atoms with Gasteiger partial charge in [-0.3, -0.25) is 9.82 Å². The number of aromatic nitrogens is 2. The highest BCUT2D eigenvalue weighted by Crippen LogP contribution is 2.17. The van der Waals surface area contributed by atoms with E-state index in [2.05, 4.69) is 14.9 Å². The Kier molecular flexibility index (Phi) is 3.49. The van der Waals surface area contributed by atoms with Crippen molar-refractivity contribution in [1.29, 1.82) is 0 Å².